The number of anilines is 5. The lowest BCUT2D eigenvalue weighted by molar-refractivity contribution is 0.332. The lowest BCUT2D eigenvalue weighted by Crippen LogP contribution is -2.40. The van der Waals surface area contributed by atoms with Gasteiger partial charge in [-0.05, 0) is 124 Å². The van der Waals surface area contributed by atoms with Gasteiger partial charge in [-0.2, -0.15) is 0 Å². The van der Waals surface area contributed by atoms with Gasteiger partial charge < -0.3 is 19.1 Å². The summed E-state index contributed by atoms with van der Waals surface area (Å²) in [5.41, 5.74) is 17.7. The largest absolute Gasteiger partial charge is 0.469 e. The van der Waals surface area contributed by atoms with E-state index in [0.717, 1.165) is 84.3 Å². The SMILES string of the molecule is Cc1cc2c(cc1N1c3cc4c(oc5ccccc54)c(-c4c(Nc5ccc(C(C)(C)C)cc5)ccc5sc6ccccc6c45)c3[B]c3oc4ccccc4c31)C(C)(C)CCC2(C)C. The van der Waals surface area contributed by atoms with Gasteiger partial charge in [0.15, 0.2) is 0 Å². The highest BCUT2D eigenvalue weighted by atomic mass is 32.1. The first-order chi connectivity index (χ1) is 30.2. The number of rotatable bonds is 4. The third kappa shape index (κ3) is 5.80. The predicted octanol–water partition coefficient (Wildman–Crippen LogP) is 15.5. The minimum atomic E-state index is 0.0243. The van der Waals surface area contributed by atoms with E-state index in [-0.39, 0.29) is 16.2 Å². The molecule has 0 amide bonds. The summed E-state index contributed by atoms with van der Waals surface area (Å²) >= 11 is 1.84. The average molecular weight is 838 g/mol. The molecule has 0 bridgehead atoms. The normalized spacial score (nSPS) is 15.5. The molecule has 4 nitrogen and oxygen atoms in total. The molecule has 1 N–H and O–H groups in total. The van der Waals surface area contributed by atoms with Gasteiger partial charge in [0.1, 0.15) is 16.7 Å². The Labute approximate surface area is 373 Å². The van der Waals surface area contributed by atoms with Crippen molar-refractivity contribution in [2.24, 2.45) is 0 Å². The van der Waals surface area contributed by atoms with Gasteiger partial charge in [0.25, 0.3) is 0 Å². The molecule has 1 aliphatic carbocycles. The van der Waals surface area contributed by atoms with Crippen molar-refractivity contribution in [2.45, 2.75) is 84.5 Å². The first kappa shape index (κ1) is 38.4. The van der Waals surface area contributed by atoms with Crippen LogP contribution in [0.1, 0.15) is 83.6 Å². The second-order valence-corrected chi connectivity index (χ2v) is 21.4. The molecule has 4 heterocycles. The molecule has 63 heavy (non-hydrogen) atoms. The van der Waals surface area contributed by atoms with E-state index in [0.29, 0.717) is 0 Å². The molecule has 0 atom stereocenters. The van der Waals surface area contributed by atoms with Crippen molar-refractivity contribution in [3.63, 3.8) is 0 Å². The van der Waals surface area contributed by atoms with E-state index in [2.05, 4.69) is 200 Å². The van der Waals surface area contributed by atoms with Crippen LogP contribution in [0.15, 0.2) is 136 Å². The first-order valence-electron chi connectivity index (χ1n) is 22.4. The summed E-state index contributed by atoms with van der Waals surface area (Å²) in [5, 5.41) is 9.68. The molecule has 6 heteroatoms. The predicted molar refractivity (Wildman–Crippen MR) is 270 cm³/mol. The minimum absolute atomic E-state index is 0.0243. The van der Waals surface area contributed by atoms with E-state index < -0.39 is 0 Å². The lowest BCUT2D eigenvalue weighted by Gasteiger charge is -2.43. The molecule has 309 valence electrons. The third-order valence-electron chi connectivity index (χ3n) is 14.3. The Morgan fingerprint density at radius 3 is 2.02 bits per heavy atom. The van der Waals surface area contributed by atoms with Gasteiger partial charge in [-0.1, -0.05) is 115 Å². The summed E-state index contributed by atoms with van der Waals surface area (Å²) in [6, 6.07) is 46.7. The number of hydrogen-bond donors (Lipinski definition) is 1. The molecule has 2 aliphatic rings. The Morgan fingerprint density at radius 1 is 0.635 bits per heavy atom. The number of para-hydroxylation sites is 2. The average Bonchev–Trinajstić information content (AvgIpc) is 3.95. The van der Waals surface area contributed by atoms with Gasteiger partial charge in [-0.3, -0.25) is 0 Å². The van der Waals surface area contributed by atoms with Crippen LogP contribution in [0.5, 0.6) is 0 Å². The molecule has 10 aromatic rings. The standard InChI is InChI=1S/C57H50BN2O2S/c1-32-29-39-40(57(7,8)28-27-56(39,5)6)31-42(32)60-43-30-38-35-15-9-12-18-44(35)61-53(38)50(51(43)58-54-52(60)36-16-10-13-19-45(36)62-54)49-41(59-34-23-21-33(22-24-34)55(2,3)4)25-26-47-48(49)37-17-11-14-20-46(37)63-47/h9-26,29-31,59H,27-28H2,1-8H3. The molecule has 0 unspecified atom stereocenters. The Kier molecular flexibility index (Phi) is 8.17. The zero-order chi connectivity index (χ0) is 43.2. The molecule has 0 saturated carbocycles. The molecular formula is C57H50BN2O2S. The van der Waals surface area contributed by atoms with Crippen LogP contribution in [0.4, 0.5) is 28.4 Å². The summed E-state index contributed by atoms with van der Waals surface area (Å²) in [4.78, 5) is 2.53. The topological polar surface area (TPSA) is 41.6 Å². The second kappa shape index (κ2) is 13.4. The molecule has 12 rings (SSSR count). The third-order valence-corrected chi connectivity index (χ3v) is 15.4. The van der Waals surface area contributed by atoms with Crippen molar-refractivity contribution in [3.05, 3.63) is 150 Å². The van der Waals surface area contributed by atoms with E-state index >= 15 is 0 Å². The van der Waals surface area contributed by atoms with Crippen molar-refractivity contribution in [3.8, 4) is 11.1 Å². The number of thiophene rings is 1. The lowest BCUT2D eigenvalue weighted by atomic mass is 9.60. The van der Waals surface area contributed by atoms with Gasteiger partial charge in [-0.15, -0.1) is 11.3 Å². The van der Waals surface area contributed by atoms with Crippen LogP contribution in [-0.4, -0.2) is 7.28 Å². The smallest absolute Gasteiger partial charge is 0.247 e. The fourth-order valence-corrected chi connectivity index (χ4v) is 11.8. The molecule has 0 spiro atoms. The Bertz CT molecular complexity index is 3520. The fourth-order valence-electron chi connectivity index (χ4n) is 10.7. The summed E-state index contributed by atoms with van der Waals surface area (Å²) in [7, 11) is 2.29. The number of furan rings is 2. The highest BCUT2D eigenvalue weighted by Gasteiger charge is 2.40. The summed E-state index contributed by atoms with van der Waals surface area (Å²) in [5.74, 6) is 0. The van der Waals surface area contributed by atoms with E-state index in [9.17, 15) is 0 Å². The quantitative estimate of drug-likeness (QED) is 0.179. The van der Waals surface area contributed by atoms with Crippen molar-refractivity contribution in [1.82, 2.24) is 0 Å². The van der Waals surface area contributed by atoms with Crippen LogP contribution in [0.3, 0.4) is 0 Å². The first-order valence-corrected chi connectivity index (χ1v) is 23.2. The van der Waals surface area contributed by atoms with Crippen LogP contribution < -0.4 is 21.3 Å². The maximum Gasteiger partial charge on any atom is 0.247 e. The van der Waals surface area contributed by atoms with Crippen molar-refractivity contribution < 1.29 is 8.83 Å². The number of nitrogens with zero attached hydrogens (tertiary/aromatic N) is 1. The van der Waals surface area contributed by atoms with Gasteiger partial charge in [0.2, 0.25) is 7.28 Å². The van der Waals surface area contributed by atoms with Crippen molar-refractivity contribution in [2.75, 3.05) is 10.2 Å². The Hall–Kier alpha value is -6.24. The van der Waals surface area contributed by atoms with Crippen LogP contribution in [-0.2, 0) is 16.2 Å². The van der Waals surface area contributed by atoms with E-state index in [1.807, 2.05) is 11.3 Å². The maximum atomic E-state index is 7.14. The Balaban J connectivity index is 1.22. The summed E-state index contributed by atoms with van der Waals surface area (Å²) in [6.45, 7) is 18.8. The highest BCUT2D eigenvalue weighted by molar-refractivity contribution is 7.26. The van der Waals surface area contributed by atoms with E-state index in [4.69, 9.17) is 8.83 Å². The zero-order valence-corrected chi connectivity index (χ0v) is 38.1. The fraction of sp³-hybridized carbons (Fsp3) is 0.228. The molecule has 7 aromatic carbocycles. The van der Waals surface area contributed by atoms with Crippen LogP contribution >= 0.6 is 11.3 Å². The Morgan fingerprint density at radius 2 is 1.29 bits per heavy atom. The van der Waals surface area contributed by atoms with Gasteiger partial charge >= 0.3 is 0 Å². The van der Waals surface area contributed by atoms with Crippen molar-refractivity contribution in [1.29, 1.82) is 0 Å². The monoisotopic (exact) mass is 837 g/mol. The number of benzene rings is 7. The second-order valence-electron chi connectivity index (χ2n) is 20.3. The summed E-state index contributed by atoms with van der Waals surface area (Å²) in [6.07, 6.45) is 2.30. The molecule has 1 radical (unpaired) electrons. The molecule has 3 aromatic heterocycles. The van der Waals surface area contributed by atoms with Crippen molar-refractivity contribution >= 4 is 111 Å². The van der Waals surface area contributed by atoms with Gasteiger partial charge in [0.05, 0.1) is 11.3 Å². The van der Waals surface area contributed by atoms with Gasteiger partial charge in [0, 0.05) is 70.2 Å². The number of fused-ring (bicyclic) bond motifs is 11. The minimum Gasteiger partial charge on any atom is -0.469 e. The molecule has 1 aliphatic heterocycles. The number of nitrogens with one attached hydrogen (secondary N) is 1. The summed E-state index contributed by atoms with van der Waals surface area (Å²) < 4.78 is 16.6. The molecular weight excluding hydrogens is 788 g/mol. The number of aryl methyl sites for hydroxylation is 1. The van der Waals surface area contributed by atoms with Crippen LogP contribution in [0.25, 0.3) is 64.2 Å². The van der Waals surface area contributed by atoms with Crippen LogP contribution in [0, 0.1) is 6.92 Å². The maximum absolute atomic E-state index is 7.14. The van der Waals surface area contributed by atoms with E-state index in [1.54, 1.807) is 0 Å². The highest BCUT2D eigenvalue weighted by Crippen LogP contribution is 2.53. The van der Waals surface area contributed by atoms with Crippen LogP contribution in [0.2, 0.25) is 0 Å². The molecule has 0 fully saturated rings. The van der Waals surface area contributed by atoms with Gasteiger partial charge in [-0.25, -0.2) is 0 Å². The number of hydrogen-bond acceptors (Lipinski definition) is 5. The zero-order valence-electron chi connectivity index (χ0n) is 37.3. The molecule has 0 saturated heterocycles. The van der Waals surface area contributed by atoms with E-state index in [1.165, 1.54) is 54.5 Å².